The van der Waals surface area contributed by atoms with Crippen molar-refractivity contribution in [3.63, 3.8) is 0 Å². The van der Waals surface area contributed by atoms with Gasteiger partial charge in [0.1, 0.15) is 4.32 Å². The van der Waals surface area contributed by atoms with Gasteiger partial charge in [-0.25, -0.2) is 0 Å². The molecule has 0 radical (unpaired) electrons. The maximum Gasteiger partial charge on any atom is 0.263 e. The van der Waals surface area contributed by atoms with Gasteiger partial charge in [-0.1, -0.05) is 24.0 Å². The molecule has 2 heterocycles. The Balaban J connectivity index is 2.38. The number of carbonyl (C=O) groups is 1. The van der Waals surface area contributed by atoms with Crippen LogP contribution in [0.25, 0.3) is 6.08 Å². The van der Waals surface area contributed by atoms with Crippen LogP contribution in [0.4, 0.5) is 0 Å². The first-order valence-corrected chi connectivity index (χ1v) is 6.18. The first-order valence-electron chi connectivity index (χ1n) is 3.73. The maximum atomic E-state index is 11.3. The average Bonchev–Trinajstić information content (AvgIpc) is 2.58. The zero-order valence-corrected chi connectivity index (χ0v) is 10.3. The third-order valence-electron chi connectivity index (χ3n) is 1.56. The van der Waals surface area contributed by atoms with Crippen LogP contribution in [0.3, 0.4) is 0 Å². The van der Waals surface area contributed by atoms with Crippen LogP contribution in [0.2, 0.25) is 0 Å². The monoisotopic (exact) mass is 276 g/mol. The van der Waals surface area contributed by atoms with Crippen molar-refractivity contribution in [1.82, 2.24) is 10.3 Å². The van der Waals surface area contributed by atoms with Gasteiger partial charge in [-0.2, -0.15) is 0 Å². The fourth-order valence-corrected chi connectivity index (χ4v) is 3.11. The van der Waals surface area contributed by atoms with E-state index in [0.717, 1.165) is 0 Å². The number of carbonyl (C=O) groups excluding carboxylic acids is 1. The maximum absolute atomic E-state index is 11.3. The number of H-pyrrole nitrogens is 1. The van der Waals surface area contributed by atoms with E-state index in [2.05, 4.69) is 10.3 Å². The van der Waals surface area contributed by atoms with Crippen LogP contribution in [0.15, 0.2) is 4.91 Å². The fourth-order valence-electron chi connectivity index (χ4n) is 0.970. The third kappa shape index (κ3) is 2.28. The highest BCUT2D eigenvalue weighted by Gasteiger charge is 2.22. The highest BCUT2D eigenvalue weighted by Crippen LogP contribution is 2.30. The van der Waals surface area contributed by atoms with E-state index in [9.17, 15) is 9.90 Å². The Morgan fingerprint density at radius 1 is 1.40 bits per heavy atom. The van der Waals surface area contributed by atoms with Gasteiger partial charge < -0.3 is 15.4 Å². The molecule has 15 heavy (non-hydrogen) atoms. The first kappa shape index (κ1) is 10.8. The van der Waals surface area contributed by atoms with Crippen LogP contribution < -0.4 is 5.32 Å². The lowest BCUT2D eigenvalue weighted by molar-refractivity contribution is -0.115. The van der Waals surface area contributed by atoms with Crippen molar-refractivity contribution in [2.45, 2.75) is 0 Å². The molecule has 8 heteroatoms. The second-order valence-corrected chi connectivity index (χ2v) is 6.02. The summed E-state index contributed by atoms with van der Waals surface area (Å²) in [7, 11) is 0. The van der Waals surface area contributed by atoms with Crippen LogP contribution in [0, 0.1) is 3.95 Å². The number of amides is 1. The van der Waals surface area contributed by atoms with Gasteiger partial charge in [-0.05, 0) is 18.3 Å². The molecule has 0 aromatic carbocycles. The predicted octanol–water partition coefficient (Wildman–Crippen LogP) is 2.00. The zero-order chi connectivity index (χ0) is 11.0. The lowest BCUT2D eigenvalue weighted by Gasteiger charge is -1.90. The predicted molar refractivity (Wildman–Crippen MR) is 67.5 cm³/mol. The SMILES string of the molecule is O=C1NC(=S)S/C1=C\c1sc(=S)[nH]c1O. The summed E-state index contributed by atoms with van der Waals surface area (Å²) in [6.45, 7) is 0. The number of hydrogen-bond acceptors (Lipinski definition) is 6. The van der Waals surface area contributed by atoms with Crippen molar-refractivity contribution >= 4 is 63.8 Å². The van der Waals surface area contributed by atoms with E-state index >= 15 is 0 Å². The van der Waals surface area contributed by atoms with Crippen molar-refractivity contribution in [1.29, 1.82) is 0 Å². The van der Waals surface area contributed by atoms with Gasteiger partial charge in [0, 0.05) is 0 Å². The van der Waals surface area contributed by atoms with Gasteiger partial charge >= 0.3 is 0 Å². The molecule has 0 bridgehead atoms. The van der Waals surface area contributed by atoms with Crippen LogP contribution in [-0.4, -0.2) is 20.3 Å². The van der Waals surface area contributed by atoms with Gasteiger partial charge in [0.15, 0.2) is 3.95 Å². The summed E-state index contributed by atoms with van der Waals surface area (Å²) in [6, 6.07) is 0. The van der Waals surface area contributed by atoms with Crippen molar-refractivity contribution < 1.29 is 9.90 Å². The number of thiazole rings is 1. The summed E-state index contributed by atoms with van der Waals surface area (Å²) in [6.07, 6.45) is 1.56. The number of rotatable bonds is 1. The quantitative estimate of drug-likeness (QED) is 0.541. The van der Waals surface area contributed by atoms with Crippen LogP contribution in [-0.2, 0) is 4.79 Å². The Morgan fingerprint density at radius 3 is 2.60 bits per heavy atom. The van der Waals surface area contributed by atoms with E-state index in [1.807, 2.05) is 0 Å². The molecule has 4 nitrogen and oxygen atoms in total. The van der Waals surface area contributed by atoms with Crippen LogP contribution >= 0.6 is 47.5 Å². The van der Waals surface area contributed by atoms with E-state index in [0.29, 0.717) is 18.1 Å². The van der Waals surface area contributed by atoms with Crippen LogP contribution in [0.5, 0.6) is 5.88 Å². The summed E-state index contributed by atoms with van der Waals surface area (Å²) in [5, 5.41) is 11.9. The van der Waals surface area contributed by atoms with Gasteiger partial charge in [0.25, 0.3) is 5.91 Å². The Morgan fingerprint density at radius 2 is 2.13 bits per heavy atom. The molecule has 1 aliphatic rings. The molecule has 1 aliphatic heterocycles. The molecule has 1 saturated heterocycles. The molecule has 1 fully saturated rings. The third-order valence-corrected chi connectivity index (χ3v) is 3.89. The Hall–Kier alpha value is -0.700. The number of aromatic hydroxyl groups is 1. The largest absolute Gasteiger partial charge is 0.494 e. The summed E-state index contributed by atoms with van der Waals surface area (Å²) < 4.78 is 0.884. The standard InChI is InChI=1S/C7H4N2O2S4/c10-4-2(14-6(12)8-4)1-3-5(11)9-7(13)15-3/h1,10H,(H,8,12)(H,9,11,13)/b3-1-. The van der Waals surface area contributed by atoms with Gasteiger partial charge in [-0.3, -0.25) is 4.79 Å². The number of aromatic amines is 1. The fraction of sp³-hybridized carbons (Fsp3) is 0. The molecule has 0 saturated carbocycles. The summed E-state index contributed by atoms with van der Waals surface area (Å²) in [5.74, 6) is -0.271. The number of thiocarbonyl (C=S) groups is 1. The second-order valence-electron chi connectivity index (χ2n) is 2.58. The number of thioether (sulfide) groups is 1. The molecule has 3 N–H and O–H groups in total. The smallest absolute Gasteiger partial charge is 0.263 e. The second kappa shape index (κ2) is 4.05. The van der Waals surface area contributed by atoms with Gasteiger partial charge in [0.2, 0.25) is 5.88 Å². The van der Waals surface area contributed by atoms with E-state index in [-0.39, 0.29) is 11.8 Å². The molecule has 78 valence electrons. The Bertz CT molecular complexity index is 527. The first-order chi connectivity index (χ1) is 7.06. The molecular weight excluding hydrogens is 272 g/mol. The molecule has 2 rings (SSSR count). The molecule has 0 atom stereocenters. The Labute approximate surface area is 103 Å². The highest BCUT2D eigenvalue weighted by atomic mass is 32.2. The van der Waals surface area contributed by atoms with Crippen molar-refractivity contribution in [3.05, 3.63) is 13.7 Å². The lowest BCUT2D eigenvalue weighted by Crippen LogP contribution is -2.17. The van der Waals surface area contributed by atoms with E-state index < -0.39 is 0 Å². The summed E-state index contributed by atoms with van der Waals surface area (Å²) in [5.41, 5.74) is 0. The molecule has 0 spiro atoms. The van der Waals surface area contributed by atoms with Gasteiger partial charge in [0.05, 0.1) is 9.78 Å². The molecule has 1 amide bonds. The number of nitrogens with one attached hydrogen (secondary N) is 2. The minimum absolute atomic E-state index is 0.0243. The minimum Gasteiger partial charge on any atom is -0.494 e. The number of hydrogen-bond donors (Lipinski definition) is 3. The van der Waals surface area contributed by atoms with Crippen molar-refractivity contribution in [2.75, 3.05) is 0 Å². The zero-order valence-electron chi connectivity index (χ0n) is 7.07. The highest BCUT2D eigenvalue weighted by molar-refractivity contribution is 8.26. The topological polar surface area (TPSA) is 65.1 Å². The Kier molecular flexibility index (Phi) is 2.91. The molecule has 1 aromatic heterocycles. The van der Waals surface area contributed by atoms with Crippen LogP contribution in [0.1, 0.15) is 4.88 Å². The molecule has 0 unspecified atom stereocenters. The van der Waals surface area contributed by atoms with E-state index in [1.54, 1.807) is 6.08 Å². The summed E-state index contributed by atoms with van der Waals surface area (Å²) in [4.78, 5) is 14.9. The number of aromatic nitrogens is 1. The molecule has 0 aliphatic carbocycles. The average molecular weight is 276 g/mol. The van der Waals surface area contributed by atoms with Crippen molar-refractivity contribution in [3.8, 4) is 5.88 Å². The minimum atomic E-state index is -0.247. The van der Waals surface area contributed by atoms with E-state index in [1.165, 1.54) is 23.1 Å². The van der Waals surface area contributed by atoms with E-state index in [4.69, 9.17) is 24.4 Å². The van der Waals surface area contributed by atoms with Gasteiger partial charge in [-0.15, -0.1) is 11.3 Å². The normalized spacial score (nSPS) is 18.5. The molecular formula is C7H4N2O2S4. The summed E-state index contributed by atoms with van der Waals surface area (Å²) >= 11 is 12.1. The van der Waals surface area contributed by atoms with Crippen molar-refractivity contribution in [2.24, 2.45) is 0 Å². The lowest BCUT2D eigenvalue weighted by atomic mass is 10.4. The molecule has 1 aromatic rings.